The largest absolute Gasteiger partial charge is 0.496 e. The minimum atomic E-state index is -0.507. The van der Waals surface area contributed by atoms with E-state index < -0.39 is 5.97 Å². The summed E-state index contributed by atoms with van der Waals surface area (Å²) in [6.45, 7) is 1.80. The molecule has 2 aromatic rings. The van der Waals surface area contributed by atoms with Gasteiger partial charge in [-0.2, -0.15) is 0 Å². The van der Waals surface area contributed by atoms with Crippen molar-refractivity contribution < 1.29 is 23.9 Å². The van der Waals surface area contributed by atoms with Crippen LogP contribution in [0.2, 0.25) is 0 Å². The highest BCUT2D eigenvalue weighted by Crippen LogP contribution is 2.21. The fourth-order valence-corrected chi connectivity index (χ4v) is 2.53. The monoisotopic (exact) mass is 396 g/mol. The SMILES string of the molecule is COC(=O)CNC(=O)Cc1ccc(NC(=O)/C=C/c2cc(C)ccc2OC)cc1. The van der Waals surface area contributed by atoms with Crippen LogP contribution in [0.3, 0.4) is 0 Å². The fourth-order valence-electron chi connectivity index (χ4n) is 2.53. The highest BCUT2D eigenvalue weighted by atomic mass is 16.5. The zero-order chi connectivity index (χ0) is 21.2. The summed E-state index contributed by atoms with van der Waals surface area (Å²) in [5.74, 6) is -0.387. The lowest BCUT2D eigenvalue weighted by Crippen LogP contribution is -2.31. The van der Waals surface area contributed by atoms with E-state index in [2.05, 4.69) is 15.4 Å². The van der Waals surface area contributed by atoms with Crippen LogP contribution in [0.5, 0.6) is 5.75 Å². The molecule has 0 saturated carbocycles. The lowest BCUT2D eigenvalue weighted by molar-refractivity contribution is -0.141. The van der Waals surface area contributed by atoms with Gasteiger partial charge in [-0.25, -0.2) is 0 Å². The summed E-state index contributed by atoms with van der Waals surface area (Å²) in [4.78, 5) is 35.0. The summed E-state index contributed by atoms with van der Waals surface area (Å²) in [6, 6.07) is 12.6. The number of carbonyl (C=O) groups is 3. The van der Waals surface area contributed by atoms with Crippen LogP contribution in [0, 0.1) is 6.92 Å². The highest BCUT2D eigenvalue weighted by molar-refractivity contribution is 6.02. The molecule has 0 atom stereocenters. The fraction of sp³-hybridized carbons (Fsp3) is 0.227. The molecule has 0 aliphatic carbocycles. The van der Waals surface area contributed by atoms with Gasteiger partial charge in [0.1, 0.15) is 12.3 Å². The number of methoxy groups -OCH3 is 2. The van der Waals surface area contributed by atoms with Gasteiger partial charge in [-0.05, 0) is 42.8 Å². The molecule has 2 amide bonds. The molecular weight excluding hydrogens is 372 g/mol. The van der Waals surface area contributed by atoms with Gasteiger partial charge in [0.15, 0.2) is 0 Å². The Kier molecular flexibility index (Phi) is 7.97. The second kappa shape index (κ2) is 10.7. The molecule has 0 spiro atoms. The Morgan fingerprint density at radius 2 is 1.76 bits per heavy atom. The second-order valence-corrected chi connectivity index (χ2v) is 6.29. The van der Waals surface area contributed by atoms with Gasteiger partial charge in [-0.3, -0.25) is 14.4 Å². The van der Waals surface area contributed by atoms with Crippen molar-refractivity contribution in [1.29, 1.82) is 0 Å². The molecule has 152 valence electrons. The first-order valence-electron chi connectivity index (χ1n) is 8.97. The Morgan fingerprint density at radius 1 is 1.03 bits per heavy atom. The lowest BCUT2D eigenvalue weighted by Gasteiger charge is -2.07. The molecule has 0 aliphatic heterocycles. The highest BCUT2D eigenvalue weighted by Gasteiger charge is 2.07. The first-order valence-corrected chi connectivity index (χ1v) is 8.97. The van der Waals surface area contributed by atoms with E-state index in [0.717, 1.165) is 16.7 Å². The van der Waals surface area contributed by atoms with E-state index in [9.17, 15) is 14.4 Å². The maximum absolute atomic E-state index is 12.2. The molecule has 0 fully saturated rings. The third-order valence-electron chi connectivity index (χ3n) is 4.04. The molecule has 0 heterocycles. The molecule has 0 bridgehead atoms. The molecule has 0 unspecified atom stereocenters. The Hall–Kier alpha value is -3.61. The summed E-state index contributed by atoms with van der Waals surface area (Å²) < 4.78 is 9.76. The number of carbonyl (C=O) groups excluding carboxylic acids is 3. The quantitative estimate of drug-likeness (QED) is 0.528. The van der Waals surface area contributed by atoms with Gasteiger partial charge < -0.3 is 20.1 Å². The summed E-state index contributed by atoms with van der Waals surface area (Å²) in [6.07, 6.45) is 3.25. The molecule has 2 rings (SSSR count). The van der Waals surface area contributed by atoms with Gasteiger partial charge in [-0.15, -0.1) is 0 Å². The lowest BCUT2D eigenvalue weighted by atomic mass is 10.1. The van der Waals surface area contributed by atoms with Crippen LogP contribution in [0.15, 0.2) is 48.5 Å². The maximum atomic E-state index is 12.2. The number of amides is 2. The van der Waals surface area contributed by atoms with Crippen molar-refractivity contribution in [2.75, 3.05) is 26.1 Å². The Labute approximate surface area is 169 Å². The molecule has 2 N–H and O–H groups in total. The van der Waals surface area contributed by atoms with Gasteiger partial charge in [0.25, 0.3) is 0 Å². The molecule has 0 aliphatic rings. The zero-order valence-corrected chi connectivity index (χ0v) is 16.7. The number of benzene rings is 2. The summed E-state index contributed by atoms with van der Waals surface area (Å²) in [5, 5.41) is 5.24. The first-order chi connectivity index (χ1) is 13.9. The number of nitrogens with one attached hydrogen (secondary N) is 2. The average Bonchev–Trinajstić information content (AvgIpc) is 2.72. The Bertz CT molecular complexity index is 904. The van der Waals surface area contributed by atoms with Crippen molar-refractivity contribution in [1.82, 2.24) is 5.32 Å². The Balaban J connectivity index is 1.90. The molecule has 0 saturated heterocycles. The number of anilines is 1. The summed E-state index contributed by atoms with van der Waals surface area (Å²) in [5.41, 5.74) is 3.24. The van der Waals surface area contributed by atoms with Crippen molar-refractivity contribution in [3.63, 3.8) is 0 Å². The Morgan fingerprint density at radius 3 is 2.41 bits per heavy atom. The summed E-state index contributed by atoms with van der Waals surface area (Å²) >= 11 is 0. The van der Waals surface area contributed by atoms with Crippen molar-refractivity contribution in [2.24, 2.45) is 0 Å². The van der Waals surface area contributed by atoms with E-state index >= 15 is 0 Å². The van der Waals surface area contributed by atoms with Gasteiger partial charge in [0.05, 0.1) is 20.6 Å². The molecule has 7 nitrogen and oxygen atoms in total. The van der Waals surface area contributed by atoms with Crippen LogP contribution in [0.25, 0.3) is 6.08 Å². The van der Waals surface area contributed by atoms with Crippen LogP contribution in [0.1, 0.15) is 16.7 Å². The number of aryl methyl sites for hydroxylation is 1. The van der Waals surface area contributed by atoms with Gasteiger partial charge in [-0.1, -0.05) is 23.8 Å². The van der Waals surface area contributed by atoms with Crippen molar-refractivity contribution in [2.45, 2.75) is 13.3 Å². The van der Waals surface area contributed by atoms with Crippen LogP contribution >= 0.6 is 0 Å². The van der Waals surface area contributed by atoms with Crippen molar-refractivity contribution in [3.05, 3.63) is 65.2 Å². The molecule has 7 heteroatoms. The predicted molar refractivity (Wildman–Crippen MR) is 111 cm³/mol. The van der Waals surface area contributed by atoms with E-state index in [-0.39, 0.29) is 24.8 Å². The third-order valence-corrected chi connectivity index (χ3v) is 4.04. The number of hydrogen-bond donors (Lipinski definition) is 2. The number of rotatable bonds is 8. The van der Waals surface area contributed by atoms with Gasteiger partial charge in [0.2, 0.25) is 11.8 Å². The minimum absolute atomic E-state index is 0.123. The predicted octanol–water partition coefficient (Wildman–Crippen LogP) is 2.49. The molecule has 0 radical (unpaired) electrons. The van der Waals surface area contributed by atoms with Crippen LogP contribution in [-0.2, 0) is 25.5 Å². The molecule has 29 heavy (non-hydrogen) atoms. The minimum Gasteiger partial charge on any atom is -0.496 e. The van der Waals surface area contributed by atoms with Gasteiger partial charge >= 0.3 is 5.97 Å². The van der Waals surface area contributed by atoms with Crippen LogP contribution in [-0.4, -0.2) is 38.5 Å². The van der Waals surface area contributed by atoms with E-state index in [1.54, 1.807) is 37.5 Å². The average molecular weight is 396 g/mol. The van der Waals surface area contributed by atoms with E-state index in [4.69, 9.17) is 4.74 Å². The zero-order valence-electron chi connectivity index (χ0n) is 16.7. The van der Waals surface area contributed by atoms with Crippen molar-refractivity contribution in [3.8, 4) is 5.75 Å². The standard InChI is InChI=1S/C22H24N2O5/c1-15-4-10-19(28-2)17(12-15)7-11-20(25)24-18-8-5-16(6-9-18)13-21(26)23-14-22(27)29-3/h4-12H,13-14H2,1-3H3,(H,23,26)(H,24,25)/b11-7+. The van der Waals surface area contributed by atoms with E-state index in [1.807, 2.05) is 25.1 Å². The normalized spacial score (nSPS) is 10.4. The smallest absolute Gasteiger partial charge is 0.325 e. The number of ether oxygens (including phenoxy) is 2. The van der Waals surface area contributed by atoms with E-state index in [0.29, 0.717) is 11.4 Å². The van der Waals surface area contributed by atoms with Crippen LogP contribution < -0.4 is 15.4 Å². The third kappa shape index (κ3) is 7.14. The first kappa shape index (κ1) is 21.7. The second-order valence-electron chi connectivity index (χ2n) is 6.29. The van der Waals surface area contributed by atoms with Gasteiger partial charge in [0, 0.05) is 17.3 Å². The topological polar surface area (TPSA) is 93.7 Å². The van der Waals surface area contributed by atoms with Crippen LogP contribution in [0.4, 0.5) is 5.69 Å². The number of esters is 1. The summed E-state index contributed by atoms with van der Waals surface area (Å²) in [7, 11) is 2.84. The maximum Gasteiger partial charge on any atom is 0.325 e. The molecular formula is C22H24N2O5. The van der Waals surface area contributed by atoms with E-state index in [1.165, 1.54) is 13.2 Å². The molecule has 0 aromatic heterocycles. The number of hydrogen-bond acceptors (Lipinski definition) is 5. The van der Waals surface area contributed by atoms with Crippen molar-refractivity contribution >= 4 is 29.5 Å². The molecule has 2 aromatic carbocycles.